The lowest BCUT2D eigenvalue weighted by molar-refractivity contribution is -0.385. The van der Waals surface area contributed by atoms with Gasteiger partial charge in [0.2, 0.25) is 5.88 Å². The Bertz CT molecular complexity index is 400. The Morgan fingerprint density at radius 3 is 2.67 bits per heavy atom. The van der Waals surface area contributed by atoms with Crippen LogP contribution in [0.1, 0.15) is 12.1 Å². The molecule has 0 aromatic carbocycles. The summed E-state index contributed by atoms with van der Waals surface area (Å²) in [4.78, 5) is 13.1. The molecule has 1 aromatic rings. The third kappa shape index (κ3) is 2.38. The Labute approximate surface area is 91.3 Å². The number of alkyl halides is 2. The van der Waals surface area contributed by atoms with Crippen LogP contribution in [0.15, 0.2) is 10.5 Å². The molecule has 1 heterocycles. The van der Waals surface area contributed by atoms with Crippen LogP contribution >= 0.6 is 15.9 Å². The molecule has 0 atom stereocenters. The molecule has 0 spiro atoms. The fourth-order valence-corrected chi connectivity index (χ4v) is 1.41. The van der Waals surface area contributed by atoms with Crippen LogP contribution in [-0.2, 0) is 0 Å². The molecule has 0 aliphatic rings. The van der Waals surface area contributed by atoms with Crippen molar-refractivity contribution in [3.05, 3.63) is 26.3 Å². The van der Waals surface area contributed by atoms with E-state index in [1.807, 2.05) is 0 Å². The molecule has 0 N–H and O–H groups in total. The fourth-order valence-electron chi connectivity index (χ4n) is 0.894. The van der Waals surface area contributed by atoms with Gasteiger partial charge in [-0.3, -0.25) is 10.1 Å². The molecule has 8 heteroatoms. The van der Waals surface area contributed by atoms with Gasteiger partial charge in [0, 0.05) is 0 Å². The van der Waals surface area contributed by atoms with Gasteiger partial charge >= 0.3 is 0 Å². The summed E-state index contributed by atoms with van der Waals surface area (Å²) in [5, 5.41) is 10.5. The van der Waals surface area contributed by atoms with Crippen LogP contribution in [0.5, 0.6) is 5.88 Å². The molecule has 1 aromatic heterocycles. The van der Waals surface area contributed by atoms with Crippen LogP contribution in [-0.4, -0.2) is 17.0 Å². The summed E-state index contributed by atoms with van der Waals surface area (Å²) in [6, 6.07) is 0.968. The first-order chi connectivity index (χ1) is 6.97. The Balaban J connectivity index is 3.40. The Hall–Kier alpha value is -1.31. The van der Waals surface area contributed by atoms with Gasteiger partial charge in [-0.15, -0.1) is 0 Å². The third-order valence-electron chi connectivity index (χ3n) is 1.55. The maximum atomic E-state index is 12.4. The van der Waals surface area contributed by atoms with Crippen LogP contribution in [0, 0.1) is 10.1 Å². The second-order valence-electron chi connectivity index (χ2n) is 2.44. The molecule has 0 aliphatic carbocycles. The van der Waals surface area contributed by atoms with Crippen molar-refractivity contribution in [2.45, 2.75) is 6.43 Å². The van der Waals surface area contributed by atoms with Crippen molar-refractivity contribution in [2.75, 3.05) is 7.11 Å². The van der Waals surface area contributed by atoms with Gasteiger partial charge in [0.25, 0.3) is 12.1 Å². The van der Waals surface area contributed by atoms with Crippen LogP contribution < -0.4 is 4.74 Å². The number of hydrogen-bond donors (Lipinski definition) is 0. The SMILES string of the molecule is COc1cc([N+](=O)[O-])c(Br)c(C(F)F)n1. The van der Waals surface area contributed by atoms with Crippen LogP contribution in [0.4, 0.5) is 14.5 Å². The van der Waals surface area contributed by atoms with Gasteiger partial charge in [-0.25, -0.2) is 13.8 Å². The van der Waals surface area contributed by atoms with E-state index in [2.05, 4.69) is 25.7 Å². The number of ether oxygens (including phenoxy) is 1. The van der Waals surface area contributed by atoms with Crippen molar-refractivity contribution >= 4 is 21.6 Å². The summed E-state index contributed by atoms with van der Waals surface area (Å²) in [7, 11) is 1.19. The molecule has 0 amide bonds. The van der Waals surface area contributed by atoms with Crippen LogP contribution in [0.2, 0.25) is 0 Å². The van der Waals surface area contributed by atoms with Crippen molar-refractivity contribution in [1.82, 2.24) is 4.98 Å². The summed E-state index contributed by atoms with van der Waals surface area (Å²) < 4.78 is 29.1. The number of methoxy groups -OCH3 is 1. The van der Waals surface area contributed by atoms with Gasteiger partial charge in [-0.05, 0) is 15.9 Å². The molecule has 0 saturated heterocycles. The van der Waals surface area contributed by atoms with Crippen molar-refractivity contribution in [1.29, 1.82) is 0 Å². The molecule has 0 radical (unpaired) electrons. The largest absolute Gasteiger partial charge is 0.481 e. The van der Waals surface area contributed by atoms with Gasteiger partial charge in [0.15, 0.2) is 0 Å². The highest BCUT2D eigenvalue weighted by Crippen LogP contribution is 2.35. The van der Waals surface area contributed by atoms with E-state index < -0.39 is 22.7 Å². The zero-order valence-corrected chi connectivity index (χ0v) is 8.99. The van der Waals surface area contributed by atoms with Gasteiger partial charge in [0.1, 0.15) is 10.2 Å². The lowest BCUT2D eigenvalue weighted by Gasteiger charge is -2.05. The van der Waals surface area contributed by atoms with Gasteiger partial charge < -0.3 is 4.74 Å². The summed E-state index contributed by atoms with van der Waals surface area (Å²) >= 11 is 2.71. The monoisotopic (exact) mass is 282 g/mol. The van der Waals surface area contributed by atoms with E-state index in [1.165, 1.54) is 7.11 Å². The minimum Gasteiger partial charge on any atom is -0.481 e. The standard InChI is InChI=1S/C7H5BrF2N2O3/c1-15-4-2-3(12(13)14)5(8)6(11-4)7(9)10/h2,7H,1H3. The van der Waals surface area contributed by atoms with E-state index in [-0.39, 0.29) is 10.4 Å². The molecule has 0 fully saturated rings. The highest BCUT2D eigenvalue weighted by Gasteiger charge is 2.24. The van der Waals surface area contributed by atoms with Crippen LogP contribution in [0.3, 0.4) is 0 Å². The van der Waals surface area contributed by atoms with Crippen molar-refractivity contribution in [3.63, 3.8) is 0 Å². The second kappa shape index (κ2) is 4.47. The van der Waals surface area contributed by atoms with Crippen molar-refractivity contribution < 1.29 is 18.4 Å². The minimum atomic E-state index is -2.91. The number of aromatic nitrogens is 1. The quantitative estimate of drug-likeness (QED) is 0.632. The summed E-state index contributed by atoms with van der Waals surface area (Å²) in [5.74, 6) is -0.222. The number of nitro groups is 1. The summed E-state index contributed by atoms with van der Waals surface area (Å²) in [6.07, 6.45) is -2.91. The molecule has 0 saturated carbocycles. The third-order valence-corrected chi connectivity index (χ3v) is 2.37. The lowest BCUT2D eigenvalue weighted by Crippen LogP contribution is -2.00. The molecule has 15 heavy (non-hydrogen) atoms. The summed E-state index contributed by atoms with van der Waals surface area (Å²) in [6.45, 7) is 0. The van der Waals surface area contributed by atoms with Gasteiger partial charge in [-0.2, -0.15) is 0 Å². The Morgan fingerprint density at radius 2 is 2.27 bits per heavy atom. The van der Waals surface area contributed by atoms with E-state index in [9.17, 15) is 18.9 Å². The van der Waals surface area contributed by atoms with Gasteiger partial charge in [0.05, 0.1) is 18.1 Å². The first-order valence-corrected chi connectivity index (χ1v) is 4.43. The maximum absolute atomic E-state index is 12.4. The zero-order chi connectivity index (χ0) is 11.6. The number of rotatable bonds is 3. The number of halogens is 3. The first-order valence-electron chi connectivity index (χ1n) is 3.64. The van der Waals surface area contributed by atoms with E-state index in [0.29, 0.717) is 0 Å². The van der Waals surface area contributed by atoms with E-state index >= 15 is 0 Å². The molecule has 0 unspecified atom stereocenters. The van der Waals surface area contributed by atoms with Crippen molar-refractivity contribution in [2.24, 2.45) is 0 Å². The average Bonchev–Trinajstić information content (AvgIpc) is 2.17. The fraction of sp³-hybridized carbons (Fsp3) is 0.286. The van der Waals surface area contributed by atoms with E-state index in [1.54, 1.807) is 0 Å². The minimum absolute atomic E-state index is 0.222. The maximum Gasteiger partial charge on any atom is 0.290 e. The highest BCUT2D eigenvalue weighted by atomic mass is 79.9. The number of hydrogen-bond acceptors (Lipinski definition) is 4. The smallest absolute Gasteiger partial charge is 0.290 e. The van der Waals surface area contributed by atoms with Gasteiger partial charge in [-0.1, -0.05) is 0 Å². The molecule has 5 nitrogen and oxygen atoms in total. The first kappa shape index (κ1) is 11.8. The molecule has 82 valence electrons. The van der Waals surface area contributed by atoms with E-state index in [0.717, 1.165) is 6.07 Å². The van der Waals surface area contributed by atoms with Crippen LogP contribution in [0.25, 0.3) is 0 Å². The average molecular weight is 283 g/mol. The molecule has 0 aliphatic heterocycles. The highest BCUT2D eigenvalue weighted by molar-refractivity contribution is 9.10. The van der Waals surface area contributed by atoms with E-state index in [4.69, 9.17) is 0 Å². The summed E-state index contributed by atoms with van der Waals surface area (Å²) in [5.41, 5.74) is -1.21. The topological polar surface area (TPSA) is 65.3 Å². The molecular weight excluding hydrogens is 278 g/mol. The predicted molar refractivity (Wildman–Crippen MR) is 50.1 cm³/mol. The number of nitrogens with zero attached hydrogens (tertiary/aromatic N) is 2. The second-order valence-corrected chi connectivity index (χ2v) is 3.23. The molecule has 0 bridgehead atoms. The molecular formula is C7H5BrF2N2O3. The zero-order valence-electron chi connectivity index (χ0n) is 7.41. The Morgan fingerprint density at radius 1 is 1.67 bits per heavy atom. The predicted octanol–water partition coefficient (Wildman–Crippen LogP) is 2.70. The lowest BCUT2D eigenvalue weighted by atomic mass is 10.3. The normalized spacial score (nSPS) is 10.5. The van der Waals surface area contributed by atoms with Crippen molar-refractivity contribution in [3.8, 4) is 5.88 Å². The molecule has 1 rings (SSSR count). The Kier molecular flexibility index (Phi) is 3.51. The number of pyridine rings is 1.